The molecule has 3 nitrogen and oxygen atoms in total. The van der Waals surface area contributed by atoms with Crippen molar-refractivity contribution in [1.29, 1.82) is 0 Å². The van der Waals surface area contributed by atoms with Gasteiger partial charge >= 0.3 is 5.97 Å². The quantitative estimate of drug-likeness (QED) is 0.793. The molecule has 70 valence electrons. The number of rotatable bonds is 2. The third-order valence-electron chi connectivity index (χ3n) is 1.67. The van der Waals surface area contributed by atoms with E-state index in [9.17, 15) is 4.79 Å². The summed E-state index contributed by atoms with van der Waals surface area (Å²) in [6, 6.07) is 4.61. The van der Waals surface area contributed by atoms with Gasteiger partial charge in [-0.2, -0.15) is 0 Å². The summed E-state index contributed by atoms with van der Waals surface area (Å²) in [6.45, 7) is 0. The van der Waals surface area contributed by atoms with Gasteiger partial charge in [-0.3, -0.25) is 0 Å². The molecule has 13 heavy (non-hydrogen) atoms. The third kappa shape index (κ3) is 2.12. The van der Waals surface area contributed by atoms with E-state index in [4.69, 9.17) is 16.7 Å². The summed E-state index contributed by atoms with van der Waals surface area (Å²) in [5.74, 6) is -0.945. The van der Waals surface area contributed by atoms with Crippen LogP contribution in [0.2, 0.25) is 5.02 Å². The molecule has 0 radical (unpaired) electrons. The number of halogens is 1. The van der Waals surface area contributed by atoms with E-state index in [1.807, 2.05) is 14.1 Å². The first-order valence-corrected chi connectivity index (χ1v) is 4.10. The predicted molar refractivity (Wildman–Crippen MR) is 52.7 cm³/mol. The average molecular weight is 200 g/mol. The van der Waals surface area contributed by atoms with Crippen LogP contribution in [0.1, 0.15) is 10.4 Å². The first-order chi connectivity index (χ1) is 6.02. The Hall–Kier alpha value is -1.22. The number of benzene rings is 1. The van der Waals surface area contributed by atoms with Gasteiger partial charge in [0.05, 0.1) is 16.3 Å². The molecule has 0 aliphatic heterocycles. The minimum atomic E-state index is -0.945. The van der Waals surface area contributed by atoms with Gasteiger partial charge in [-0.1, -0.05) is 11.6 Å². The van der Waals surface area contributed by atoms with E-state index in [-0.39, 0.29) is 5.56 Å². The predicted octanol–water partition coefficient (Wildman–Crippen LogP) is 2.10. The molecule has 1 rings (SSSR count). The Labute approximate surface area is 81.5 Å². The summed E-state index contributed by atoms with van der Waals surface area (Å²) >= 11 is 5.86. The van der Waals surface area contributed by atoms with E-state index in [1.165, 1.54) is 6.07 Å². The fourth-order valence-corrected chi connectivity index (χ4v) is 1.27. The molecule has 0 bridgehead atoms. The minimum absolute atomic E-state index is 0.244. The number of aromatic carboxylic acids is 1. The van der Waals surface area contributed by atoms with Gasteiger partial charge in [-0.15, -0.1) is 0 Å². The van der Waals surface area contributed by atoms with E-state index < -0.39 is 5.97 Å². The molecule has 0 spiro atoms. The van der Waals surface area contributed by atoms with Crippen LogP contribution in [0.25, 0.3) is 0 Å². The summed E-state index contributed by atoms with van der Waals surface area (Å²) in [5.41, 5.74) is 0.953. The zero-order chi connectivity index (χ0) is 10.0. The second kappa shape index (κ2) is 3.66. The van der Waals surface area contributed by atoms with Crippen LogP contribution in [0.4, 0.5) is 5.69 Å². The van der Waals surface area contributed by atoms with Gasteiger partial charge in [-0.05, 0) is 18.2 Å². The van der Waals surface area contributed by atoms with E-state index in [0.29, 0.717) is 10.7 Å². The second-order valence-electron chi connectivity index (χ2n) is 2.87. The molecule has 0 heterocycles. The third-order valence-corrected chi connectivity index (χ3v) is 1.99. The number of hydrogen-bond donors (Lipinski definition) is 1. The van der Waals surface area contributed by atoms with Crippen molar-refractivity contribution in [2.75, 3.05) is 19.0 Å². The number of carboxylic acid groups (broad SMARTS) is 1. The van der Waals surface area contributed by atoms with Crippen LogP contribution in [-0.2, 0) is 0 Å². The molecular weight excluding hydrogens is 190 g/mol. The SMILES string of the molecule is CN(C)c1cc(C(=O)O)ccc1Cl. The van der Waals surface area contributed by atoms with Crippen LogP contribution in [0, 0.1) is 0 Å². The molecule has 0 fully saturated rings. The molecule has 1 N–H and O–H groups in total. The molecule has 0 aromatic heterocycles. The van der Waals surface area contributed by atoms with Gasteiger partial charge in [0.15, 0.2) is 0 Å². The summed E-state index contributed by atoms with van der Waals surface area (Å²) < 4.78 is 0. The van der Waals surface area contributed by atoms with Crippen LogP contribution in [0.3, 0.4) is 0 Å². The summed E-state index contributed by atoms with van der Waals surface area (Å²) in [7, 11) is 3.62. The standard InChI is InChI=1S/C9H10ClNO2/c1-11(2)8-5-6(9(12)13)3-4-7(8)10/h3-5H,1-2H3,(H,12,13). The highest BCUT2D eigenvalue weighted by Gasteiger charge is 2.07. The molecule has 0 saturated carbocycles. The van der Waals surface area contributed by atoms with Gasteiger partial charge in [0.1, 0.15) is 0 Å². The topological polar surface area (TPSA) is 40.5 Å². The summed E-state index contributed by atoms with van der Waals surface area (Å²) in [4.78, 5) is 12.4. The average Bonchev–Trinajstić information content (AvgIpc) is 2.04. The molecule has 0 saturated heterocycles. The van der Waals surface area contributed by atoms with E-state index in [1.54, 1.807) is 17.0 Å². The van der Waals surface area contributed by atoms with Gasteiger partial charge in [-0.25, -0.2) is 4.79 Å². The minimum Gasteiger partial charge on any atom is -0.478 e. The Balaban J connectivity index is 3.19. The molecule has 4 heteroatoms. The molecule has 1 aromatic rings. The highest BCUT2D eigenvalue weighted by Crippen LogP contribution is 2.25. The zero-order valence-electron chi connectivity index (χ0n) is 7.41. The maximum atomic E-state index is 10.6. The lowest BCUT2D eigenvalue weighted by atomic mass is 10.2. The molecule has 0 aliphatic rings. The van der Waals surface area contributed by atoms with Gasteiger partial charge in [0.2, 0.25) is 0 Å². The van der Waals surface area contributed by atoms with E-state index >= 15 is 0 Å². The van der Waals surface area contributed by atoms with Gasteiger partial charge in [0.25, 0.3) is 0 Å². The lowest BCUT2D eigenvalue weighted by Gasteiger charge is -2.14. The molecule has 0 atom stereocenters. The van der Waals surface area contributed by atoms with Crippen LogP contribution in [0.5, 0.6) is 0 Å². The van der Waals surface area contributed by atoms with Crippen molar-refractivity contribution in [3.05, 3.63) is 28.8 Å². The molecule has 0 unspecified atom stereocenters. The van der Waals surface area contributed by atoms with Crippen molar-refractivity contribution < 1.29 is 9.90 Å². The monoisotopic (exact) mass is 199 g/mol. The van der Waals surface area contributed by atoms with Gasteiger partial charge < -0.3 is 10.0 Å². The van der Waals surface area contributed by atoms with Crippen molar-refractivity contribution >= 4 is 23.3 Å². The lowest BCUT2D eigenvalue weighted by molar-refractivity contribution is 0.0697. The first kappa shape index (κ1) is 9.86. The lowest BCUT2D eigenvalue weighted by Crippen LogP contribution is -2.10. The van der Waals surface area contributed by atoms with Crippen LogP contribution < -0.4 is 4.90 Å². The van der Waals surface area contributed by atoms with Crippen molar-refractivity contribution in [2.45, 2.75) is 0 Å². The largest absolute Gasteiger partial charge is 0.478 e. The van der Waals surface area contributed by atoms with Gasteiger partial charge in [0, 0.05) is 14.1 Å². The highest BCUT2D eigenvalue weighted by atomic mass is 35.5. The van der Waals surface area contributed by atoms with Crippen molar-refractivity contribution in [3.8, 4) is 0 Å². The molecule has 0 amide bonds. The van der Waals surface area contributed by atoms with Crippen LogP contribution >= 0.6 is 11.6 Å². The smallest absolute Gasteiger partial charge is 0.335 e. The van der Waals surface area contributed by atoms with Crippen molar-refractivity contribution in [1.82, 2.24) is 0 Å². The Morgan fingerprint density at radius 2 is 2.08 bits per heavy atom. The number of anilines is 1. The summed E-state index contributed by atoms with van der Waals surface area (Å²) in [6.07, 6.45) is 0. The Morgan fingerprint density at radius 1 is 1.46 bits per heavy atom. The Morgan fingerprint density at radius 3 is 2.54 bits per heavy atom. The number of nitrogens with zero attached hydrogens (tertiary/aromatic N) is 1. The number of carboxylic acids is 1. The zero-order valence-corrected chi connectivity index (χ0v) is 8.17. The first-order valence-electron chi connectivity index (χ1n) is 3.72. The Kier molecular flexibility index (Phi) is 2.78. The second-order valence-corrected chi connectivity index (χ2v) is 3.27. The molecular formula is C9H10ClNO2. The maximum absolute atomic E-state index is 10.6. The fraction of sp³-hybridized carbons (Fsp3) is 0.222. The van der Waals surface area contributed by atoms with E-state index in [0.717, 1.165) is 0 Å². The normalized spacial score (nSPS) is 9.77. The highest BCUT2D eigenvalue weighted by molar-refractivity contribution is 6.33. The van der Waals surface area contributed by atoms with E-state index in [2.05, 4.69) is 0 Å². The fourth-order valence-electron chi connectivity index (χ4n) is 0.988. The molecule has 1 aromatic carbocycles. The number of hydrogen-bond acceptors (Lipinski definition) is 2. The van der Waals surface area contributed by atoms with Crippen LogP contribution in [0.15, 0.2) is 18.2 Å². The molecule has 0 aliphatic carbocycles. The maximum Gasteiger partial charge on any atom is 0.335 e. The van der Waals surface area contributed by atoms with Crippen molar-refractivity contribution in [2.24, 2.45) is 0 Å². The number of carbonyl (C=O) groups is 1. The van der Waals surface area contributed by atoms with Crippen LogP contribution in [-0.4, -0.2) is 25.2 Å². The van der Waals surface area contributed by atoms with Crippen molar-refractivity contribution in [3.63, 3.8) is 0 Å². The Bertz CT molecular complexity index is 336. The summed E-state index contributed by atoms with van der Waals surface area (Å²) in [5, 5.41) is 9.27.